The van der Waals surface area contributed by atoms with Gasteiger partial charge in [0.1, 0.15) is 5.82 Å². The zero-order valence-corrected chi connectivity index (χ0v) is 16.2. The molecule has 1 aliphatic heterocycles. The number of carbonyl (C=O) groups excluding carboxylic acids is 1. The number of likely N-dealkylation sites (tertiary alicyclic amines) is 1. The summed E-state index contributed by atoms with van der Waals surface area (Å²) in [4.78, 5) is 19.1. The van der Waals surface area contributed by atoms with Gasteiger partial charge in [-0.25, -0.2) is 9.78 Å². The van der Waals surface area contributed by atoms with Crippen molar-refractivity contribution in [3.63, 3.8) is 0 Å². The van der Waals surface area contributed by atoms with E-state index in [4.69, 9.17) is 0 Å². The number of urea groups is 1. The van der Waals surface area contributed by atoms with E-state index in [-0.39, 0.29) is 6.03 Å². The van der Waals surface area contributed by atoms with E-state index in [0.29, 0.717) is 12.6 Å². The molecule has 4 rings (SSSR count). The van der Waals surface area contributed by atoms with E-state index in [1.54, 1.807) is 0 Å². The summed E-state index contributed by atoms with van der Waals surface area (Å²) in [5, 5.41) is 3.03. The Hall–Kier alpha value is -3.08. The molecule has 1 aliphatic rings. The maximum Gasteiger partial charge on any atom is 0.317 e. The molecule has 1 fully saturated rings. The van der Waals surface area contributed by atoms with Gasteiger partial charge in [-0.05, 0) is 25.3 Å². The Balaban J connectivity index is 1.38. The highest BCUT2D eigenvalue weighted by molar-refractivity contribution is 5.74. The minimum atomic E-state index is 0.0212. The quantitative estimate of drug-likeness (QED) is 0.736. The Morgan fingerprint density at radius 1 is 1.04 bits per heavy atom. The van der Waals surface area contributed by atoms with Crippen LogP contribution in [-0.4, -0.2) is 33.6 Å². The molecular weight excluding hydrogens is 348 g/mol. The highest BCUT2D eigenvalue weighted by Crippen LogP contribution is 2.30. The zero-order chi connectivity index (χ0) is 19.3. The third-order valence-corrected chi connectivity index (χ3v) is 5.42. The molecule has 0 unspecified atom stereocenters. The second kappa shape index (κ2) is 8.30. The van der Waals surface area contributed by atoms with Crippen LogP contribution in [0.3, 0.4) is 0 Å². The summed E-state index contributed by atoms with van der Waals surface area (Å²) in [6.45, 7) is 4.20. The van der Waals surface area contributed by atoms with Crippen molar-refractivity contribution in [3.8, 4) is 11.4 Å². The molecule has 144 valence electrons. The first kappa shape index (κ1) is 18.3. The first-order chi connectivity index (χ1) is 13.7. The van der Waals surface area contributed by atoms with Gasteiger partial charge in [0.25, 0.3) is 0 Å². The molecule has 0 spiro atoms. The van der Waals surface area contributed by atoms with Crippen LogP contribution in [0.15, 0.2) is 66.9 Å². The topological polar surface area (TPSA) is 50.2 Å². The summed E-state index contributed by atoms with van der Waals surface area (Å²) < 4.78 is 2.34. The van der Waals surface area contributed by atoms with Gasteiger partial charge in [-0.1, -0.05) is 60.7 Å². The highest BCUT2D eigenvalue weighted by atomic mass is 16.2. The summed E-state index contributed by atoms with van der Waals surface area (Å²) in [5.41, 5.74) is 3.43. The Bertz CT molecular complexity index is 912. The van der Waals surface area contributed by atoms with Crippen molar-refractivity contribution in [2.45, 2.75) is 32.4 Å². The number of nitrogens with zero attached hydrogens (tertiary/aromatic N) is 3. The lowest BCUT2D eigenvalue weighted by atomic mass is 10.0. The van der Waals surface area contributed by atoms with Crippen molar-refractivity contribution in [3.05, 3.63) is 78.1 Å². The van der Waals surface area contributed by atoms with Crippen LogP contribution >= 0.6 is 0 Å². The van der Waals surface area contributed by atoms with Crippen LogP contribution in [0.4, 0.5) is 4.79 Å². The number of rotatable bonds is 4. The van der Waals surface area contributed by atoms with E-state index in [1.165, 1.54) is 5.69 Å². The average molecular weight is 374 g/mol. The van der Waals surface area contributed by atoms with E-state index >= 15 is 0 Å². The summed E-state index contributed by atoms with van der Waals surface area (Å²) in [5.74, 6) is 1.02. The van der Waals surface area contributed by atoms with Crippen molar-refractivity contribution >= 4 is 6.03 Å². The lowest BCUT2D eigenvalue weighted by Gasteiger charge is -2.34. The monoisotopic (exact) mass is 374 g/mol. The van der Waals surface area contributed by atoms with E-state index < -0.39 is 0 Å². The maximum absolute atomic E-state index is 12.5. The van der Waals surface area contributed by atoms with Crippen LogP contribution in [0, 0.1) is 6.92 Å². The molecule has 5 nitrogen and oxygen atoms in total. The van der Waals surface area contributed by atoms with Crippen LogP contribution in [0.2, 0.25) is 0 Å². The Morgan fingerprint density at radius 2 is 1.68 bits per heavy atom. The van der Waals surface area contributed by atoms with Gasteiger partial charge in [0.15, 0.2) is 0 Å². The van der Waals surface area contributed by atoms with E-state index in [2.05, 4.69) is 33.9 Å². The fourth-order valence-electron chi connectivity index (χ4n) is 3.92. The highest BCUT2D eigenvalue weighted by Gasteiger charge is 2.26. The van der Waals surface area contributed by atoms with E-state index in [9.17, 15) is 4.79 Å². The number of nitrogens with one attached hydrogen (secondary N) is 1. The third kappa shape index (κ3) is 3.93. The minimum Gasteiger partial charge on any atom is -0.334 e. The summed E-state index contributed by atoms with van der Waals surface area (Å²) in [7, 11) is 0. The minimum absolute atomic E-state index is 0.0212. The lowest BCUT2D eigenvalue weighted by Crippen LogP contribution is -2.44. The number of aromatic nitrogens is 2. The van der Waals surface area contributed by atoms with Crippen LogP contribution in [0.25, 0.3) is 11.4 Å². The number of amides is 2. The number of imidazole rings is 1. The second-order valence-corrected chi connectivity index (χ2v) is 7.32. The van der Waals surface area contributed by atoms with Crippen molar-refractivity contribution in [2.24, 2.45) is 0 Å². The Morgan fingerprint density at radius 3 is 2.36 bits per heavy atom. The molecule has 1 N–H and O–H groups in total. The zero-order valence-electron chi connectivity index (χ0n) is 16.2. The molecular formula is C23H26N4O. The van der Waals surface area contributed by atoms with Gasteiger partial charge in [-0.15, -0.1) is 0 Å². The van der Waals surface area contributed by atoms with Crippen LogP contribution in [-0.2, 0) is 6.54 Å². The number of hydrogen-bond donors (Lipinski definition) is 1. The largest absolute Gasteiger partial charge is 0.334 e. The Labute approximate surface area is 166 Å². The van der Waals surface area contributed by atoms with Gasteiger partial charge in [-0.3, -0.25) is 0 Å². The molecule has 1 aromatic heterocycles. The molecule has 0 saturated carbocycles. The number of carbonyl (C=O) groups is 1. The van der Waals surface area contributed by atoms with Gasteiger partial charge >= 0.3 is 6.03 Å². The summed E-state index contributed by atoms with van der Waals surface area (Å²) in [6.07, 6.45) is 3.83. The molecule has 3 aromatic rings. The van der Waals surface area contributed by atoms with E-state index in [1.807, 2.05) is 59.6 Å². The molecule has 2 aromatic carbocycles. The summed E-state index contributed by atoms with van der Waals surface area (Å²) in [6, 6.07) is 20.7. The van der Waals surface area contributed by atoms with Gasteiger partial charge in [0.2, 0.25) is 0 Å². The van der Waals surface area contributed by atoms with Crippen LogP contribution < -0.4 is 5.32 Å². The first-order valence-electron chi connectivity index (χ1n) is 9.88. The molecule has 28 heavy (non-hydrogen) atoms. The summed E-state index contributed by atoms with van der Waals surface area (Å²) >= 11 is 0. The van der Waals surface area contributed by atoms with Gasteiger partial charge in [0.05, 0.1) is 0 Å². The number of benzene rings is 2. The fraction of sp³-hybridized carbons (Fsp3) is 0.304. The number of hydrogen-bond acceptors (Lipinski definition) is 2. The van der Waals surface area contributed by atoms with Gasteiger partial charge < -0.3 is 14.8 Å². The predicted octanol–water partition coefficient (Wildman–Crippen LogP) is 4.41. The molecule has 0 radical (unpaired) electrons. The fourth-order valence-corrected chi connectivity index (χ4v) is 3.92. The predicted molar refractivity (Wildman–Crippen MR) is 111 cm³/mol. The molecule has 2 amide bonds. The molecule has 1 saturated heterocycles. The third-order valence-electron chi connectivity index (χ3n) is 5.42. The van der Waals surface area contributed by atoms with Crippen LogP contribution in [0.1, 0.15) is 30.1 Å². The Kier molecular flexibility index (Phi) is 5.42. The molecule has 2 heterocycles. The molecule has 0 aliphatic carbocycles. The number of aryl methyl sites for hydroxylation is 1. The second-order valence-electron chi connectivity index (χ2n) is 7.32. The SMILES string of the molecule is Cc1cnc(-c2ccccc2)n1C1CCN(C(=O)NCc2ccccc2)CC1. The first-order valence-corrected chi connectivity index (χ1v) is 9.88. The average Bonchev–Trinajstić information content (AvgIpc) is 3.15. The van der Waals surface area contributed by atoms with Crippen molar-refractivity contribution < 1.29 is 4.79 Å². The van der Waals surface area contributed by atoms with Gasteiger partial charge in [0, 0.05) is 43.1 Å². The smallest absolute Gasteiger partial charge is 0.317 e. The normalized spacial score (nSPS) is 14.8. The number of piperidine rings is 1. The lowest BCUT2D eigenvalue weighted by molar-refractivity contribution is 0.171. The standard InChI is InChI=1S/C23H26N4O/c1-18-16-24-22(20-10-6-3-7-11-20)27(18)21-12-14-26(15-13-21)23(28)25-17-19-8-4-2-5-9-19/h2-11,16,21H,12-15,17H2,1H3,(H,25,28). The van der Waals surface area contributed by atoms with Crippen LogP contribution in [0.5, 0.6) is 0 Å². The molecule has 0 atom stereocenters. The van der Waals surface area contributed by atoms with Crippen molar-refractivity contribution in [2.75, 3.05) is 13.1 Å². The molecule has 5 heteroatoms. The van der Waals surface area contributed by atoms with Crippen molar-refractivity contribution in [1.29, 1.82) is 0 Å². The maximum atomic E-state index is 12.5. The molecule has 0 bridgehead atoms. The van der Waals surface area contributed by atoms with Gasteiger partial charge in [-0.2, -0.15) is 0 Å². The van der Waals surface area contributed by atoms with Crippen molar-refractivity contribution in [1.82, 2.24) is 19.8 Å². The van der Waals surface area contributed by atoms with E-state index in [0.717, 1.165) is 42.9 Å².